The Morgan fingerprint density at radius 1 is 0.956 bits per heavy atom. The van der Waals surface area contributed by atoms with E-state index in [9.17, 15) is 9.59 Å². The standard InChI is InChI=1S/C34H32N6O3S2/c1-43-27-16-14-25(15-17-27)29-21-28(30-13-8-20-44-30)38-40(29)32(41)23-45-34-37-36-31(22-35-33(42)26-11-6-3-7-12-26)39(34)19-18-24-9-4-2-5-10-24/h2-17,20,29H,18-19,21-23H2,1H3,(H,35,42)/t29-/m1/s1. The molecule has 6 rings (SSSR count). The van der Waals surface area contributed by atoms with Crippen LogP contribution in [0.25, 0.3) is 0 Å². The van der Waals surface area contributed by atoms with Crippen LogP contribution in [0.1, 0.15) is 44.6 Å². The van der Waals surface area contributed by atoms with E-state index in [1.54, 1.807) is 35.6 Å². The summed E-state index contributed by atoms with van der Waals surface area (Å²) in [7, 11) is 1.64. The molecule has 45 heavy (non-hydrogen) atoms. The minimum absolute atomic E-state index is 0.121. The first-order valence-corrected chi connectivity index (χ1v) is 16.4. The van der Waals surface area contributed by atoms with Crippen molar-refractivity contribution in [2.45, 2.75) is 37.1 Å². The number of hydrogen-bond donors (Lipinski definition) is 1. The largest absolute Gasteiger partial charge is 0.497 e. The molecule has 2 amide bonds. The Bertz CT molecular complexity index is 1760. The average Bonchev–Trinajstić information content (AvgIpc) is 3.87. The van der Waals surface area contributed by atoms with Gasteiger partial charge in [0.05, 0.1) is 36.0 Å². The Morgan fingerprint density at radius 2 is 1.71 bits per heavy atom. The fraction of sp³-hybridized carbons (Fsp3) is 0.206. The van der Waals surface area contributed by atoms with Crippen molar-refractivity contribution in [3.8, 4) is 5.75 Å². The van der Waals surface area contributed by atoms with Gasteiger partial charge >= 0.3 is 0 Å². The number of hydrogen-bond acceptors (Lipinski definition) is 8. The van der Waals surface area contributed by atoms with Crippen LogP contribution >= 0.6 is 23.1 Å². The van der Waals surface area contributed by atoms with Gasteiger partial charge in [0.1, 0.15) is 5.75 Å². The number of carbonyl (C=O) groups excluding carboxylic acids is 2. The summed E-state index contributed by atoms with van der Waals surface area (Å²) in [4.78, 5) is 27.6. The van der Waals surface area contributed by atoms with Gasteiger partial charge in [-0.15, -0.1) is 21.5 Å². The Balaban J connectivity index is 1.19. The molecule has 1 atom stereocenters. The number of ether oxygens (including phenoxy) is 1. The molecule has 1 N–H and O–H groups in total. The molecule has 0 saturated carbocycles. The summed E-state index contributed by atoms with van der Waals surface area (Å²) in [6, 6.07) is 30.8. The van der Waals surface area contributed by atoms with Crippen molar-refractivity contribution < 1.29 is 14.3 Å². The lowest BCUT2D eigenvalue weighted by Crippen LogP contribution is -2.28. The highest BCUT2D eigenvalue weighted by molar-refractivity contribution is 7.99. The maximum Gasteiger partial charge on any atom is 0.253 e. The molecule has 3 aromatic carbocycles. The molecule has 0 saturated heterocycles. The third-order valence-electron chi connectivity index (χ3n) is 7.50. The van der Waals surface area contributed by atoms with Gasteiger partial charge in [-0.1, -0.05) is 78.5 Å². The van der Waals surface area contributed by atoms with E-state index >= 15 is 0 Å². The number of hydrazone groups is 1. The van der Waals surface area contributed by atoms with Crippen molar-refractivity contribution in [3.63, 3.8) is 0 Å². The molecule has 0 radical (unpaired) electrons. The second kappa shape index (κ2) is 14.4. The van der Waals surface area contributed by atoms with Gasteiger partial charge in [0.2, 0.25) is 0 Å². The number of rotatable bonds is 12. The maximum absolute atomic E-state index is 13.8. The van der Waals surface area contributed by atoms with E-state index in [-0.39, 0.29) is 30.2 Å². The van der Waals surface area contributed by atoms with Gasteiger partial charge in [0.25, 0.3) is 11.8 Å². The van der Waals surface area contributed by atoms with Gasteiger partial charge in [-0.05, 0) is 53.3 Å². The van der Waals surface area contributed by atoms with Gasteiger partial charge in [-0.3, -0.25) is 9.59 Å². The summed E-state index contributed by atoms with van der Waals surface area (Å²) in [6.45, 7) is 0.813. The zero-order valence-corrected chi connectivity index (χ0v) is 26.3. The van der Waals surface area contributed by atoms with Crippen molar-refractivity contribution >= 4 is 40.6 Å². The van der Waals surface area contributed by atoms with E-state index in [1.807, 2.05) is 82.7 Å². The van der Waals surface area contributed by atoms with Crippen LogP contribution in [0.4, 0.5) is 0 Å². The zero-order chi connectivity index (χ0) is 31.0. The molecule has 9 nitrogen and oxygen atoms in total. The lowest BCUT2D eigenvalue weighted by molar-refractivity contribution is -0.130. The van der Waals surface area contributed by atoms with Crippen LogP contribution < -0.4 is 10.1 Å². The van der Waals surface area contributed by atoms with Gasteiger partial charge < -0.3 is 14.6 Å². The molecule has 3 heterocycles. The number of aromatic nitrogens is 3. The van der Waals surface area contributed by atoms with Crippen LogP contribution in [0.5, 0.6) is 5.75 Å². The minimum Gasteiger partial charge on any atom is -0.497 e. The third-order valence-corrected chi connectivity index (χ3v) is 9.37. The van der Waals surface area contributed by atoms with E-state index in [2.05, 4.69) is 27.6 Å². The summed E-state index contributed by atoms with van der Waals surface area (Å²) in [6.07, 6.45) is 1.38. The number of thiophene rings is 1. The molecule has 0 spiro atoms. The van der Waals surface area contributed by atoms with Crippen LogP contribution in [0.15, 0.2) is 113 Å². The molecule has 11 heteroatoms. The Morgan fingerprint density at radius 3 is 2.42 bits per heavy atom. The fourth-order valence-corrected chi connectivity index (χ4v) is 6.68. The number of carbonyl (C=O) groups is 2. The quantitative estimate of drug-likeness (QED) is 0.169. The van der Waals surface area contributed by atoms with E-state index in [1.165, 1.54) is 17.3 Å². The van der Waals surface area contributed by atoms with E-state index in [4.69, 9.17) is 9.84 Å². The highest BCUT2D eigenvalue weighted by Crippen LogP contribution is 2.35. The maximum atomic E-state index is 13.8. The molecule has 0 bridgehead atoms. The molecule has 1 aliphatic heterocycles. The Labute approximate surface area is 270 Å². The van der Waals surface area contributed by atoms with Crippen LogP contribution in [0, 0.1) is 0 Å². The summed E-state index contributed by atoms with van der Waals surface area (Å²) in [5.41, 5.74) is 3.64. The Kier molecular flexibility index (Phi) is 9.67. The average molecular weight is 637 g/mol. The van der Waals surface area contributed by atoms with Gasteiger partial charge in [-0.2, -0.15) is 5.10 Å². The minimum atomic E-state index is -0.221. The summed E-state index contributed by atoms with van der Waals surface area (Å²) in [5.74, 6) is 1.21. The second-order valence-electron chi connectivity index (χ2n) is 10.4. The van der Waals surface area contributed by atoms with E-state index < -0.39 is 0 Å². The fourth-order valence-electron chi connectivity index (χ4n) is 5.13. The van der Waals surface area contributed by atoms with Crippen molar-refractivity contribution in [1.29, 1.82) is 0 Å². The predicted molar refractivity (Wildman–Crippen MR) is 177 cm³/mol. The highest BCUT2D eigenvalue weighted by atomic mass is 32.2. The van der Waals surface area contributed by atoms with Gasteiger partial charge in [-0.25, -0.2) is 5.01 Å². The number of benzene rings is 3. The van der Waals surface area contributed by atoms with E-state index in [0.29, 0.717) is 29.5 Å². The molecular formula is C34H32N6O3S2. The SMILES string of the molecule is COc1ccc([C@H]2CC(c3cccs3)=NN2C(=O)CSc2nnc(CNC(=O)c3ccccc3)n2CCc2ccccc2)cc1. The highest BCUT2D eigenvalue weighted by Gasteiger charge is 2.33. The molecule has 0 fully saturated rings. The lowest BCUT2D eigenvalue weighted by atomic mass is 10.0. The first-order valence-electron chi connectivity index (χ1n) is 14.6. The first-order chi connectivity index (χ1) is 22.1. The van der Waals surface area contributed by atoms with Crippen molar-refractivity contribution in [2.75, 3.05) is 12.9 Å². The second-order valence-corrected chi connectivity index (χ2v) is 12.3. The van der Waals surface area contributed by atoms with Crippen LogP contribution in [0.2, 0.25) is 0 Å². The van der Waals surface area contributed by atoms with Gasteiger partial charge in [0, 0.05) is 18.5 Å². The topological polar surface area (TPSA) is 102 Å². The number of aryl methyl sites for hydroxylation is 1. The molecule has 228 valence electrons. The van der Waals surface area contributed by atoms with E-state index in [0.717, 1.165) is 28.3 Å². The number of nitrogens with zero attached hydrogens (tertiary/aromatic N) is 5. The predicted octanol–water partition coefficient (Wildman–Crippen LogP) is 5.99. The van der Waals surface area contributed by atoms with Crippen LogP contribution in [-0.2, 0) is 24.3 Å². The zero-order valence-electron chi connectivity index (χ0n) is 24.7. The number of thioether (sulfide) groups is 1. The molecule has 5 aromatic rings. The molecule has 2 aromatic heterocycles. The normalized spacial score (nSPS) is 14.3. The smallest absolute Gasteiger partial charge is 0.253 e. The number of nitrogens with one attached hydrogen (secondary N) is 1. The third kappa shape index (κ3) is 7.33. The number of methoxy groups -OCH3 is 1. The van der Waals surface area contributed by atoms with Crippen molar-refractivity contribution in [2.24, 2.45) is 5.10 Å². The molecule has 1 aliphatic rings. The Hall–Kier alpha value is -4.74. The number of amides is 2. The summed E-state index contributed by atoms with van der Waals surface area (Å²) in [5, 5.41) is 20.8. The van der Waals surface area contributed by atoms with Crippen molar-refractivity contribution in [3.05, 3.63) is 130 Å². The van der Waals surface area contributed by atoms with Crippen LogP contribution in [-0.4, -0.2) is 50.2 Å². The molecular weight excluding hydrogens is 605 g/mol. The van der Waals surface area contributed by atoms with Gasteiger partial charge in [0.15, 0.2) is 11.0 Å². The molecule has 0 aliphatic carbocycles. The van der Waals surface area contributed by atoms with Crippen molar-refractivity contribution in [1.82, 2.24) is 25.1 Å². The monoisotopic (exact) mass is 636 g/mol. The first kappa shape index (κ1) is 30.3. The molecule has 0 unspecified atom stereocenters. The lowest BCUT2D eigenvalue weighted by Gasteiger charge is -2.22. The summed E-state index contributed by atoms with van der Waals surface area (Å²) >= 11 is 2.94. The summed E-state index contributed by atoms with van der Waals surface area (Å²) < 4.78 is 7.33. The van der Waals surface area contributed by atoms with Crippen LogP contribution in [0.3, 0.4) is 0 Å².